The van der Waals surface area contributed by atoms with Gasteiger partial charge in [-0.15, -0.1) is 0 Å². The van der Waals surface area contributed by atoms with Crippen molar-refractivity contribution in [2.24, 2.45) is 5.73 Å². The van der Waals surface area contributed by atoms with E-state index in [1.54, 1.807) is 18.2 Å². The number of aromatic hydroxyl groups is 1. The van der Waals surface area contributed by atoms with Crippen molar-refractivity contribution in [2.75, 3.05) is 7.11 Å². The Kier molecular flexibility index (Phi) is 4.79. The van der Waals surface area contributed by atoms with Crippen LogP contribution in [0.4, 0.5) is 0 Å². The third-order valence-electron chi connectivity index (χ3n) is 2.36. The predicted octanol–water partition coefficient (Wildman–Crippen LogP) is 1.22. The van der Waals surface area contributed by atoms with Crippen molar-refractivity contribution in [1.29, 1.82) is 0 Å². The van der Waals surface area contributed by atoms with E-state index in [2.05, 4.69) is 4.74 Å². The normalized spacial score (nSPS) is 12.1. The number of carbonyl (C=O) groups excluding carboxylic acids is 1. The van der Waals surface area contributed by atoms with E-state index in [4.69, 9.17) is 5.73 Å². The molecule has 0 heterocycles. The first-order valence-corrected chi connectivity index (χ1v) is 5.22. The Morgan fingerprint density at radius 3 is 2.94 bits per heavy atom. The summed E-state index contributed by atoms with van der Waals surface area (Å²) in [5, 5.41) is 9.27. The summed E-state index contributed by atoms with van der Waals surface area (Å²) in [6, 6.07) is 6.87. The summed E-state index contributed by atoms with van der Waals surface area (Å²) in [7, 11) is 1.36. The van der Waals surface area contributed by atoms with Gasteiger partial charge in [-0.1, -0.05) is 12.1 Å². The highest BCUT2D eigenvalue weighted by Crippen LogP contribution is 2.13. The maximum Gasteiger partial charge on any atom is 0.305 e. The zero-order chi connectivity index (χ0) is 12.0. The molecular formula is C12H17NO3. The molecule has 1 aromatic rings. The predicted molar refractivity (Wildman–Crippen MR) is 61.0 cm³/mol. The number of phenolic OH excluding ortho intramolecular Hbond substituents is 1. The van der Waals surface area contributed by atoms with E-state index in [0.29, 0.717) is 19.3 Å². The fraction of sp³-hybridized carbons (Fsp3) is 0.417. The molecule has 88 valence electrons. The Morgan fingerprint density at radius 1 is 1.56 bits per heavy atom. The van der Waals surface area contributed by atoms with Gasteiger partial charge in [0.25, 0.3) is 0 Å². The molecule has 3 N–H and O–H groups in total. The second-order valence-electron chi connectivity index (χ2n) is 3.75. The van der Waals surface area contributed by atoms with E-state index < -0.39 is 0 Å². The molecule has 16 heavy (non-hydrogen) atoms. The Labute approximate surface area is 95.0 Å². The van der Waals surface area contributed by atoms with Crippen LogP contribution in [0.15, 0.2) is 24.3 Å². The van der Waals surface area contributed by atoms with E-state index in [1.165, 1.54) is 7.11 Å². The van der Waals surface area contributed by atoms with Gasteiger partial charge in [-0.2, -0.15) is 0 Å². The number of benzene rings is 1. The summed E-state index contributed by atoms with van der Waals surface area (Å²) in [5.41, 5.74) is 6.84. The molecule has 0 radical (unpaired) electrons. The van der Waals surface area contributed by atoms with Crippen LogP contribution in [0.1, 0.15) is 18.4 Å². The lowest BCUT2D eigenvalue weighted by Gasteiger charge is -2.10. The monoisotopic (exact) mass is 223 g/mol. The molecule has 0 aliphatic carbocycles. The lowest BCUT2D eigenvalue weighted by Crippen LogP contribution is -2.24. The number of phenols is 1. The van der Waals surface area contributed by atoms with Gasteiger partial charge in [0.1, 0.15) is 5.75 Å². The topological polar surface area (TPSA) is 72.5 Å². The maximum atomic E-state index is 10.9. The third-order valence-corrected chi connectivity index (χ3v) is 2.36. The molecule has 0 saturated heterocycles. The van der Waals surface area contributed by atoms with Crippen LogP contribution in [0, 0.1) is 0 Å². The van der Waals surface area contributed by atoms with E-state index >= 15 is 0 Å². The van der Waals surface area contributed by atoms with Gasteiger partial charge in [0, 0.05) is 12.5 Å². The summed E-state index contributed by atoms with van der Waals surface area (Å²) < 4.78 is 4.54. The molecule has 4 nitrogen and oxygen atoms in total. The van der Waals surface area contributed by atoms with E-state index in [9.17, 15) is 9.90 Å². The number of rotatable bonds is 5. The first-order valence-electron chi connectivity index (χ1n) is 5.22. The van der Waals surface area contributed by atoms with Crippen molar-refractivity contribution in [2.45, 2.75) is 25.3 Å². The number of ether oxygens (including phenoxy) is 1. The minimum atomic E-state index is -0.244. The van der Waals surface area contributed by atoms with Crippen LogP contribution < -0.4 is 5.73 Å². The van der Waals surface area contributed by atoms with Gasteiger partial charge in [-0.05, 0) is 30.5 Å². The van der Waals surface area contributed by atoms with Gasteiger partial charge in [0.05, 0.1) is 7.11 Å². The van der Waals surface area contributed by atoms with Crippen LogP contribution in [0.25, 0.3) is 0 Å². The van der Waals surface area contributed by atoms with Crippen molar-refractivity contribution in [3.8, 4) is 5.75 Å². The Bertz CT molecular complexity index is 352. The summed E-state index contributed by atoms with van der Waals surface area (Å²) in [6.45, 7) is 0. The minimum absolute atomic E-state index is 0.0964. The molecule has 0 bridgehead atoms. The fourth-order valence-corrected chi connectivity index (χ4v) is 1.49. The number of esters is 1. The molecule has 0 aliphatic heterocycles. The highest BCUT2D eigenvalue weighted by Gasteiger charge is 2.08. The quantitative estimate of drug-likeness (QED) is 0.736. The van der Waals surface area contributed by atoms with Gasteiger partial charge >= 0.3 is 5.97 Å². The van der Waals surface area contributed by atoms with Crippen molar-refractivity contribution in [3.05, 3.63) is 29.8 Å². The second kappa shape index (κ2) is 6.12. The molecule has 1 rings (SSSR count). The Balaban J connectivity index is 2.39. The molecule has 0 spiro atoms. The second-order valence-corrected chi connectivity index (χ2v) is 3.75. The molecule has 1 aromatic carbocycles. The standard InChI is InChI=1S/C12H17NO3/c1-16-12(15)6-5-10(13)7-9-3-2-4-11(14)8-9/h2-4,8,10,14H,5-7,13H2,1H3. The number of methoxy groups -OCH3 is 1. The minimum Gasteiger partial charge on any atom is -0.508 e. The smallest absolute Gasteiger partial charge is 0.305 e. The summed E-state index contributed by atoms with van der Waals surface area (Å²) in [6.07, 6.45) is 1.56. The molecule has 1 unspecified atom stereocenters. The Hall–Kier alpha value is -1.55. The van der Waals surface area contributed by atoms with Crippen molar-refractivity contribution in [3.63, 3.8) is 0 Å². The summed E-state index contributed by atoms with van der Waals surface area (Å²) in [5.74, 6) is -0.0102. The zero-order valence-corrected chi connectivity index (χ0v) is 9.35. The SMILES string of the molecule is COC(=O)CCC(N)Cc1cccc(O)c1. The molecule has 0 saturated carbocycles. The van der Waals surface area contributed by atoms with E-state index in [-0.39, 0.29) is 17.8 Å². The highest BCUT2D eigenvalue weighted by atomic mass is 16.5. The van der Waals surface area contributed by atoms with Gasteiger partial charge in [0.2, 0.25) is 0 Å². The molecule has 0 amide bonds. The van der Waals surface area contributed by atoms with E-state index in [1.807, 2.05) is 6.07 Å². The van der Waals surface area contributed by atoms with Crippen LogP contribution in [-0.2, 0) is 16.0 Å². The number of carbonyl (C=O) groups is 1. The average molecular weight is 223 g/mol. The maximum absolute atomic E-state index is 10.9. The van der Waals surface area contributed by atoms with Crippen LogP contribution >= 0.6 is 0 Å². The average Bonchev–Trinajstić information content (AvgIpc) is 2.26. The lowest BCUT2D eigenvalue weighted by molar-refractivity contribution is -0.140. The number of hydrogen-bond donors (Lipinski definition) is 2. The summed E-state index contributed by atoms with van der Waals surface area (Å²) >= 11 is 0. The van der Waals surface area contributed by atoms with Crippen LogP contribution in [-0.4, -0.2) is 24.2 Å². The fourth-order valence-electron chi connectivity index (χ4n) is 1.49. The van der Waals surface area contributed by atoms with Crippen molar-refractivity contribution >= 4 is 5.97 Å². The molecule has 0 aromatic heterocycles. The number of hydrogen-bond acceptors (Lipinski definition) is 4. The van der Waals surface area contributed by atoms with Crippen LogP contribution in [0.2, 0.25) is 0 Å². The van der Waals surface area contributed by atoms with Gasteiger partial charge < -0.3 is 15.6 Å². The molecule has 0 fully saturated rings. The Morgan fingerprint density at radius 2 is 2.31 bits per heavy atom. The van der Waals surface area contributed by atoms with Crippen LogP contribution in [0.3, 0.4) is 0 Å². The molecule has 1 atom stereocenters. The summed E-state index contributed by atoms with van der Waals surface area (Å²) in [4.78, 5) is 10.9. The van der Waals surface area contributed by atoms with Crippen molar-refractivity contribution in [1.82, 2.24) is 0 Å². The first kappa shape index (κ1) is 12.5. The van der Waals surface area contributed by atoms with Gasteiger partial charge in [-0.3, -0.25) is 4.79 Å². The lowest BCUT2D eigenvalue weighted by atomic mass is 10.0. The van der Waals surface area contributed by atoms with Crippen LogP contribution in [0.5, 0.6) is 5.75 Å². The highest BCUT2D eigenvalue weighted by molar-refractivity contribution is 5.69. The van der Waals surface area contributed by atoms with Gasteiger partial charge in [-0.25, -0.2) is 0 Å². The zero-order valence-electron chi connectivity index (χ0n) is 9.35. The van der Waals surface area contributed by atoms with Crippen molar-refractivity contribution < 1.29 is 14.6 Å². The molecule has 4 heteroatoms. The first-order chi connectivity index (χ1) is 7.61. The molecular weight excluding hydrogens is 206 g/mol. The number of nitrogens with two attached hydrogens (primary N) is 1. The third kappa shape index (κ3) is 4.31. The largest absolute Gasteiger partial charge is 0.508 e. The molecule has 0 aliphatic rings. The van der Waals surface area contributed by atoms with Gasteiger partial charge in [0.15, 0.2) is 0 Å². The van der Waals surface area contributed by atoms with E-state index in [0.717, 1.165) is 5.56 Å².